The van der Waals surface area contributed by atoms with E-state index in [2.05, 4.69) is 0 Å². The Labute approximate surface area is 157 Å². The van der Waals surface area contributed by atoms with Gasteiger partial charge in [0.25, 0.3) is 0 Å². The predicted octanol–water partition coefficient (Wildman–Crippen LogP) is 5.39. The Kier molecular flexibility index (Phi) is 4.32. The van der Waals surface area contributed by atoms with Crippen LogP contribution in [0.2, 0.25) is 5.02 Å². The van der Waals surface area contributed by atoms with Gasteiger partial charge in [0.1, 0.15) is 5.75 Å². The molecular weight excluding hydrogens is 372 g/mol. The van der Waals surface area contributed by atoms with Crippen molar-refractivity contribution in [3.05, 3.63) is 87.0 Å². The molecule has 1 aromatic heterocycles. The molecule has 0 N–H and O–H groups in total. The lowest BCUT2D eigenvalue weighted by atomic mass is 10.0. The summed E-state index contributed by atoms with van der Waals surface area (Å²) < 4.78 is 11.4. The van der Waals surface area contributed by atoms with E-state index in [1.165, 1.54) is 0 Å². The van der Waals surface area contributed by atoms with Crippen LogP contribution in [0.25, 0.3) is 21.4 Å². The zero-order chi connectivity index (χ0) is 18.1. The predicted molar refractivity (Wildman–Crippen MR) is 102 cm³/mol. The summed E-state index contributed by atoms with van der Waals surface area (Å²) in [5.74, 6) is -0.163. The molecule has 0 saturated heterocycles. The molecule has 0 unspecified atom stereocenters. The first-order valence-electron chi connectivity index (χ1n) is 7.71. The van der Waals surface area contributed by atoms with E-state index in [1.807, 2.05) is 30.3 Å². The van der Waals surface area contributed by atoms with E-state index in [-0.39, 0.29) is 0 Å². The first-order valence-corrected chi connectivity index (χ1v) is 8.90. The molecule has 26 heavy (non-hydrogen) atoms. The van der Waals surface area contributed by atoms with Gasteiger partial charge in [-0.15, -0.1) is 0 Å². The van der Waals surface area contributed by atoms with Crippen LogP contribution in [-0.4, -0.2) is 5.97 Å². The number of fused-ring (bicyclic) bond motifs is 1. The molecule has 0 fully saturated rings. The number of rotatable bonds is 3. The van der Waals surface area contributed by atoms with Gasteiger partial charge in [0.05, 0.1) is 10.3 Å². The van der Waals surface area contributed by atoms with Crippen LogP contribution >= 0.6 is 22.9 Å². The molecule has 0 bridgehead atoms. The van der Waals surface area contributed by atoms with Gasteiger partial charge in [-0.3, -0.25) is 0 Å². The van der Waals surface area contributed by atoms with Crippen molar-refractivity contribution in [2.45, 2.75) is 0 Å². The van der Waals surface area contributed by atoms with Crippen LogP contribution < -0.4 is 9.68 Å². The largest absolute Gasteiger partial charge is 0.423 e. The van der Waals surface area contributed by atoms with Gasteiger partial charge in [-0.1, -0.05) is 53.3 Å². The highest BCUT2D eigenvalue weighted by Crippen LogP contribution is 2.34. The van der Waals surface area contributed by atoms with Gasteiger partial charge in [-0.25, -0.2) is 9.59 Å². The summed E-state index contributed by atoms with van der Waals surface area (Å²) >= 11 is 6.81. The Morgan fingerprint density at radius 2 is 1.73 bits per heavy atom. The number of benzene rings is 3. The summed E-state index contributed by atoms with van der Waals surface area (Å²) in [6.45, 7) is 0. The quantitative estimate of drug-likeness (QED) is 0.352. The van der Waals surface area contributed by atoms with Crippen LogP contribution in [-0.2, 0) is 0 Å². The molecule has 0 atom stereocenters. The van der Waals surface area contributed by atoms with E-state index < -0.39 is 10.9 Å². The van der Waals surface area contributed by atoms with Gasteiger partial charge in [0, 0.05) is 16.7 Å². The number of carbonyl (C=O) groups excluding carboxylic acids is 1. The maximum Gasteiger partial charge on any atom is 0.396 e. The van der Waals surface area contributed by atoms with Gasteiger partial charge < -0.3 is 9.15 Å². The minimum atomic E-state index is -0.504. The Balaban J connectivity index is 1.77. The Morgan fingerprint density at radius 3 is 2.46 bits per heavy atom. The summed E-state index contributed by atoms with van der Waals surface area (Å²) in [6.07, 6.45) is 0. The molecule has 3 aromatic carbocycles. The average Bonchev–Trinajstić information content (AvgIpc) is 3.02. The number of hydrogen-bond acceptors (Lipinski definition) is 5. The summed E-state index contributed by atoms with van der Waals surface area (Å²) in [5.41, 5.74) is 2.43. The zero-order valence-electron chi connectivity index (χ0n) is 13.3. The lowest BCUT2D eigenvalue weighted by Crippen LogP contribution is -2.08. The third kappa shape index (κ3) is 3.27. The number of hydrogen-bond donors (Lipinski definition) is 0. The number of carbonyl (C=O) groups is 1. The number of esters is 1. The first kappa shape index (κ1) is 16.6. The monoisotopic (exact) mass is 382 g/mol. The lowest BCUT2D eigenvalue weighted by Gasteiger charge is -2.08. The highest BCUT2D eigenvalue weighted by atomic mass is 35.5. The molecular formula is C20H11ClO4S. The standard InChI is InChI=1S/C20H11ClO4S/c21-14-8-6-13(7-9-14)19(22)24-15-10-16(12-4-2-1-3-5-12)18-17(11-15)26-20(23)25-18/h1-11H. The molecule has 0 radical (unpaired) electrons. The van der Waals surface area contributed by atoms with Crippen molar-refractivity contribution >= 4 is 39.2 Å². The van der Waals surface area contributed by atoms with Crippen molar-refractivity contribution in [1.29, 1.82) is 0 Å². The van der Waals surface area contributed by atoms with E-state index in [1.54, 1.807) is 36.4 Å². The molecule has 6 heteroatoms. The molecule has 0 aliphatic rings. The topological polar surface area (TPSA) is 56.5 Å². The van der Waals surface area contributed by atoms with Crippen LogP contribution in [0.5, 0.6) is 5.75 Å². The highest BCUT2D eigenvalue weighted by molar-refractivity contribution is 7.16. The fourth-order valence-corrected chi connectivity index (χ4v) is 3.44. The average molecular weight is 383 g/mol. The Bertz CT molecular complexity index is 1140. The normalized spacial score (nSPS) is 10.8. The molecule has 0 aliphatic carbocycles. The molecule has 1 heterocycles. The van der Waals surface area contributed by atoms with E-state index in [0.29, 0.717) is 32.2 Å². The number of ether oxygens (including phenoxy) is 1. The van der Waals surface area contributed by atoms with Crippen molar-refractivity contribution < 1.29 is 13.9 Å². The fourth-order valence-electron chi connectivity index (χ4n) is 2.59. The van der Waals surface area contributed by atoms with E-state index in [0.717, 1.165) is 16.9 Å². The van der Waals surface area contributed by atoms with Crippen molar-refractivity contribution in [1.82, 2.24) is 0 Å². The summed E-state index contributed by atoms with van der Waals surface area (Å²) in [5, 5.41) is 0.539. The Hall–Kier alpha value is -2.89. The van der Waals surface area contributed by atoms with Crippen LogP contribution in [0.1, 0.15) is 10.4 Å². The minimum Gasteiger partial charge on any atom is -0.423 e. The molecule has 0 spiro atoms. The fraction of sp³-hybridized carbons (Fsp3) is 0. The van der Waals surface area contributed by atoms with Gasteiger partial charge in [0.15, 0.2) is 5.58 Å². The van der Waals surface area contributed by atoms with Crippen molar-refractivity contribution in [3.8, 4) is 16.9 Å². The maximum absolute atomic E-state index is 12.4. The smallest absolute Gasteiger partial charge is 0.396 e. The summed E-state index contributed by atoms with van der Waals surface area (Å²) in [6, 6.07) is 19.2. The highest BCUT2D eigenvalue weighted by Gasteiger charge is 2.15. The van der Waals surface area contributed by atoms with Gasteiger partial charge in [0.2, 0.25) is 0 Å². The van der Waals surface area contributed by atoms with Gasteiger partial charge in [-0.05, 0) is 35.9 Å². The zero-order valence-corrected chi connectivity index (χ0v) is 14.8. The Morgan fingerprint density at radius 1 is 1.00 bits per heavy atom. The van der Waals surface area contributed by atoms with Crippen molar-refractivity contribution in [3.63, 3.8) is 0 Å². The second-order valence-corrected chi connectivity index (χ2v) is 6.93. The van der Waals surface area contributed by atoms with Gasteiger partial charge in [-0.2, -0.15) is 0 Å². The maximum atomic E-state index is 12.4. The van der Waals surface area contributed by atoms with Crippen LogP contribution in [0.4, 0.5) is 0 Å². The van der Waals surface area contributed by atoms with Crippen LogP contribution in [0, 0.1) is 0 Å². The lowest BCUT2D eigenvalue weighted by molar-refractivity contribution is 0.0735. The molecule has 4 nitrogen and oxygen atoms in total. The molecule has 4 rings (SSSR count). The minimum absolute atomic E-state index is 0.341. The molecule has 0 saturated carbocycles. The number of halogens is 1. The van der Waals surface area contributed by atoms with Gasteiger partial charge >= 0.3 is 10.9 Å². The molecule has 4 aromatic rings. The van der Waals surface area contributed by atoms with E-state index in [4.69, 9.17) is 20.8 Å². The third-order valence-corrected chi connectivity index (χ3v) is 4.81. The SMILES string of the molecule is O=C(Oc1cc(-c2ccccc2)c2oc(=O)sc2c1)c1ccc(Cl)cc1. The van der Waals surface area contributed by atoms with Crippen LogP contribution in [0.3, 0.4) is 0 Å². The first-order chi connectivity index (χ1) is 12.6. The second kappa shape index (κ2) is 6.78. The summed E-state index contributed by atoms with van der Waals surface area (Å²) in [7, 11) is 0. The van der Waals surface area contributed by atoms with E-state index >= 15 is 0 Å². The van der Waals surface area contributed by atoms with E-state index in [9.17, 15) is 9.59 Å². The van der Waals surface area contributed by atoms with Crippen LogP contribution in [0.15, 0.2) is 75.9 Å². The summed E-state index contributed by atoms with van der Waals surface area (Å²) in [4.78, 5) is 23.7. The van der Waals surface area contributed by atoms with Crippen molar-refractivity contribution in [2.24, 2.45) is 0 Å². The molecule has 128 valence electrons. The molecule has 0 amide bonds. The third-order valence-electron chi connectivity index (χ3n) is 3.78. The molecule has 0 aliphatic heterocycles. The second-order valence-electron chi connectivity index (χ2n) is 5.51. The van der Waals surface area contributed by atoms with Crippen molar-refractivity contribution in [2.75, 3.05) is 0 Å².